The highest BCUT2D eigenvalue weighted by Gasteiger charge is 2.18. The van der Waals surface area contributed by atoms with Crippen molar-refractivity contribution in [2.45, 2.75) is 6.04 Å². The molecule has 0 radical (unpaired) electrons. The molecule has 0 unspecified atom stereocenters. The predicted octanol–water partition coefficient (Wildman–Crippen LogP) is 3.23. The van der Waals surface area contributed by atoms with Crippen molar-refractivity contribution in [1.29, 1.82) is 0 Å². The number of para-hydroxylation sites is 1. The second-order valence-corrected chi connectivity index (χ2v) is 4.83. The Balaban J connectivity index is 2.18. The number of amides is 1. The van der Waals surface area contributed by atoms with E-state index < -0.39 is 17.8 Å². The van der Waals surface area contributed by atoms with Gasteiger partial charge in [-0.2, -0.15) is 0 Å². The molecule has 5 heteroatoms. The maximum absolute atomic E-state index is 13.6. The van der Waals surface area contributed by atoms with E-state index in [-0.39, 0.29) is 5.69 Å². The minimum atomic E-state index is -0.840. The fraction of sp³-hybridized carbons (Fsp3) is 0.0714. The van der Waals surface area contributed by atoms with E-state index in [4.69, 9.17) is 5.73 Å². The van der Waals surface area contributed by atoms with Gasteiger partial charge in [-0.15, -0.1) is 0 Å². The Morgan fingerprint density at radius 1 is 1.16 bits per heavy atom. The first-order valence-electron chi connectivity index (χ1n) is 5.65. The number of halogens is 2. The third-order valence-corrected chi connectivity index (χ3v) is 3.31. The van der Waals surface area contributed by atoms with Crippen molar-refractivity contribution in [1.82, 2.24) is 0 Å². The van der Waals surface area contributed by atoms with Crippen molar-refractivity contribution < 1.29 is 9.18 Å². The van der Waals surface area contributed by atoms with Crippen LogP contribution < -0.4 is 11.1 Å². The third kappa shape index (κ3) is 3.19. The van der Waals surface area contributed by atoms with Crippen molar-refractivity contribution in [2.24, 2.45) is 5.73 Å². The lowest BCUT2D eigenvalue weighted by atomic mass is 10.1. The normalized spacial score (nSPS) is 11.9. The van der Waals surface area contributed by atoms with Crippen molar-refractivity contribution in [3.05, 3.63) is 64.4 Å². The number of carbonyl (C=O) groups excluding carboxylic acids is 1. The van der Waals surface area contributed by atoms with Crippen molar-refractivity contribution in [3.63, 3.8) is 0 Å². The molecule has 2 rings (SSSR count). The molecule has 0 spiro atoms. The molecule has 98 valence electrons. The molecule has 0 aliphatic carbocycles. The van der Waals surface area contributed by atoms with Gasteiger partial charge in [0.2, 0.25) is 5.91 Å². The average molecular weight is 323 g/mol. The van der Waals surface area contributed by atoms with E-state index in [0.29, 0.717) is 10.0 Å². The largest absolute Gasteiger partial charge is 0.321 e. The van der Waals surface area contributed by atoms with Crippen LogP contribution in [0.25, 0.3) is 0 Å². The molecular formula is C14H12BrFN2O. The molecule has 0 fully saturated rings. The summed E-state index contributed by atoms with van der Waals surface area (Å²) in [7, 11) is 0. The van der Waals surface area contributed by atoms with E-state index in [1.807, 2.05) is 6.07 Å². The van der Waals surface area contributed by atoms with Gasteiger partial charge in [0.25, 0.3) is 0 Å². The van der Waals surface area contributed by atoms with Crippen LogP contribution >= 0.6 is 15.9 Å². The molecule has 2 aromatic carbocycles. The Labute approximate surface area is 118 Å². The molecule has 0 aliphatic heterocycles. The summed E-state index contributed by atoms with van der Waals surface area (Å²) in [6, 6.07) is 12.5. The van der Waals surface area contributed by atoms with Crippen LogP contribution in [-0.4, -0.2) is 5.91 Å². The van der Waals surface area contributed by atoms with Gasteiger partial charge in [-0.1, -0.05) is 36.4 Å². The van der Waals surface area contributed by atoms with Gasteiger partial charge in [-0.25, -0.2) is 4.39 Å². The first kappa shape index (κ1) is 13.7. The molecule has 0 saturated carbocycles. The van der Waals surface area contributed by atoms with Gasteiger partial charge in [0.15, 0.2) is 0 Å². The van der Waals surface area contributed by atoms with Crippen LogP contribution in [0.3, 0.4) is 0 Å². The Morgan fingerprint density at radius 3 is 2.47 bits per heavy atom. The molecule has 1 atom stereocenters. The van der Waals surface area contributed by atoms with Crippen molar-refractivity contribution >= 4 is 27.5 Å². The third-order valence-electron chi connectivity index (χ3n) is 2.65. The number of hydrogen-bond acceptors (Lipinski definition) is 2. The Hall–Kier alpha value is -1.72. The molecule has 0 saturated heterocycles. The minimum Gasteiger partial charge on any atom is -0.321 e. The molecule has 0 aromatic heterocycles. The molecular weight excluding hydrogens is 311 g/mol. The highest BCUT2D eigenvalue weighted by atomic mass is 79.9. The van der Waals surface area contributed by atoms with Crippen molar-refractivity contribution in [3.8, 4) is 0 Å². The summed E-state index contributed by atoms with van der Waals surface area (Å²) in [6.45, 7) is 0. The molecule has 0 aliphatic rings. The Kier molecular flexibility index (Phi) is 4.29. The number of anilines is 1. The SMILES string of the molecule is N[C@H](C(=O)Nc1c(F)cccc1Br)c1ccccc1. The number of benzene rings is 2. The zero-order chi connectivity index (χ0) is 13.8. The van der Waals surface area contributed by atoms with Crippen LogP contribution in [0.1, 0.15) is 11.6 Å². The molecule has 3 N–H and O–H groups in total. The van der Waals surface area contributed by atoms with Gasteiger partial charge in [-0.05, 0) is 33.6 Å². The van der Waals surface area contributed by atoms with Crippen LogP contribution in [-0.2, 0) is 4.79 Å². The monoisotopic (exact) mass is 322 g/mol. The maximum Gasteiger partial charge on any atom is 0.245 e. The van der Waals surface area contributed by atoms with Crippen LogP contribution in [0.4, 0.5) is 10.1 Å². The number of nitrogens with two attached hydrogens (primary N) is 1. The van der Waals surface area contributed by atoms with E-state index in [1.54, 1.807) is 36.4 Å². The summed E-state index contributed by atoms with van der Waals surface area (Å²) in [5.41, 5.74) is 6.61. The van der Waals surface area contributed by atoms with Gasteiger partial charge in [0.05, 0.1) is 5.69 Å². The summed E-state index contributed by atoms with van der Waals surface area (Å²) < 4.78 is 14.1. The number of nitrogens with one attached hydrogen (secondary N) is 1. The summed E-state index contributed by atoms with van der Waals surface area (Å²) >= 11 is 3.19. The lowest BCUT2D eigenvalue weighted by Crippen LogP contribution is -2.28. The molecule has 2 aromatic rings. The zero-order valence-corrected chi connectivity index (χ0v) is 11.5. The fourth-order valence-corrected chi connectivity index (χ4v) is 2.07. The van der Waals surface area contributed by atoms with E-state index in [2.05, 4.69) is 21.2 Å². The van der Waals surface area contributed by atoms with Crippen molar-refractivity contribution in [2.75, 3.05) is 5.32 Å². The topological polar surface area (TPSA) is 55.1 Å². The lowest BCUT2D eigenvalue weighted by Gasteiger charge is -2.14. The van der Waals surface area contributed by atoms with Gasteiger partial charge in [0, 0.05) is 4.47 Å². The number of hydrogen-bond donors (Lipinski definition) is 2. The summed E-state index contributed by atoms with van der Waals surface area (Å²) in [5, 5.41) is 2.49. The van der Waals surface area contributed by atoms with Crippen LogP contribution in [0.15, 0.2) is 53.0 Å². The van der Waals surface area contributed by atoms with Gasteiger partial charge < -0.3 is 11.1 Å². The van der Waals surface area contributed by atoms with Gasteiger partial charge >= 0.3 is 0 Å². The van der Waals surface area contributed by atoms with E-state index in [9.17, 15) is 9.18 Å². The zero-order valence-electron chi connectivity index (χ0n) is 9.94. The molecule has 3 nitrogen and oxygen atoms in total. The van der Waals surface area contributed by atoms with E-state index >= 15 is 0 Å². The van der Waals surface area contributed by atoms with Gasteiger partial charge in [-0.3, -0.25) is 4.79 Å². The first-order valence-corrected chi connectivity index (χ1v) is 6.44. The Bertz CT molecular complexity index is 569. The smallest absolute Gasteiger partial charge is 0.245 e. The Morgan fingerprint density at radius 2 is 1.84 bits per heavy atom. The fourth-order valence-electron chi connectivity index (χ4n) is 1.63. The number of rotatable bonds is 3. The molecule has 1 amide bonds. The predicted molar refractivity (Wildman–Crippen MR) is 76.1 cm³/mol. The van der Waals surface area contributed by atoms with E-state index in [1.165, 1.54) is 6.07 Å². The second-order valence-electron chi connectivity index (χ2n) is 3.97. The summed E-state index contributed by atoms with van der Waals surface area (Å²) in [6.07, 6.45) is 0. The van der Waals surface area contributed by atoms with Gasteiger partial charge in [0.1, 0.15) is 11.9 Å². The van der Waals surface area contributed by atoms with Crippen LogP contribution in [0, 0.1) is 5.82 Å². The second kappa shape index (κ2) is 5.95. The minimum absolute atomic E-state index is 0.0962. The standard InChI is InChI=1S/C14H12BrFN2O/c15-10-7-4-8-11(16)13(10)18-14(19)12(17)9-5-2-1-3-6-9/h1-8,12H,17H2,(H,18,19)/t12-/m0/s1. The molecule has 0 bridgehead atoms. The molecule has 19 heavy (non-hydrogen) atoms. The average Bonchev–Trinajstić information content (AvgIpc) is 2.43. The highest BCUT2D eigenvalue weighted by molar-refractivity contribution is 9.10. The van der Waals surface area contributed by atoms with Crippen LogP contribution in [0.5, 0.6) is 0 Å². The van der Waals surface area contributed by atoms with E-state index in [0.717, 1.165) is 0 Å². The maximum atomic E-state index is 13.6. The highest BCUT2D eigenvalue weighted by Crippen LogP contribution is 2.26. The van der Waals surface area contributed by atoms with Crippen LogP contribution in [0.2, 0.25) is 0 Å². The molecule has 0 heterocycles. The summed E-state index contributed by atoms with van der Waals surface area (Å²) in [5.74, 6) is -0.972. The number of carbonyl (C=O) groups is 1. The lowest BCUT2D eigenvalue weighted by molar-refractivity contribution is -0.117. The quantitative estimate of drug-likeness (QED) is 0.911. The summed E-state index contributed by atoms with van der Waals surface area (Å²) in [4.78, 5) is 12.0. The first-order chi connectivity index (χ1) is 9.09.